The minimum absolute atomic E-state index is 0.0654. The number of benzene rings is 2. The molecular weight excluding hydrogens is 438 g/mol. The number of amides is 1. The van der Waals surface area contributed by atoms with Crippen molar-refractivity contribution in [2.45, 2.75) is 16.2 Å². The number of nitrogens with zero attached hydrogens (tertiary/aromatic N) is 3. The molecule has 1 saturated heterocycles. The van der Waals surface area contributed by atoms with Gasteiger partial charge in [-0.05, 0) is 42.2 Å². The fourth-order valence-electron chi connectivity index (χ4n) is 3.44. The number of hydrogen-bond donors (Lipinski definition) is 0. The van der Waals surface area contributed by atoms with E-state index < -0.39 is 9.84 Å². The molecule has 0 aliphatic carbocycles. The smallest absolute Gasteiger partial charge is 0.227 e. The molecule has 30 heavy (non-hydrogen) atoms. The van der Waals surface area contributed by atoms with Crippen molar-refractivity contribution in [3.8, 4) is 0 Å². The lowest BCUT2D eigenvalue weighted by Gasteiger charge is -2.34. The lowest BCUT2D eigenvalue weighted by molar-refractivity contribution is -0.130. The van der Waals surface area contributed by atoms with E-state index in [1.807, 2.05) is 4.90 Å². The van der Waals surface area contributed by atoms with Crippen LogP contribution in [0.2, 0.25) is 0 Å². The molecule has 3 aromatic rings. The van der Waals surface area contributed by atoms with Crippen LogP contribution < -0.4 is 4.90 Å². The molecule has 1 fully saturated rings. The van der Waals surface area contributed by atoms with Crippen molar-refractivity contribution in [1.29, 1.82) is 0 Å². The summed E-state index contributed by atoms with van der Waals surface area (Å²) in [6.45, 7) is 2.83. The largest absolute Gasteiger partial charge is 0.345 e. The van der Waals surface area contributed by atoms with E-state index in [2.05, 4.69) is 29.4 Å². The Hall–Kier alpha value is -2.10. The van der Waals surface area contributed by atoms with Gasteiger partial charge in [0, 0.05) is 37.3 Å². The third kappa shape index (κ3) is 4.63. The molecule has 2 aromatic carbocycles. The summed E-state index contributed by atoms with van der Waals surface area (Å²) in [5.41, 5.74) is 1.84. The Morgan fingerprint density at radius 3 is 2.43 bits per heavy atom. The molecule has 0 spiro atoms. The van der Waals surface area contributed by atoms with Crippen molar-refractivity contribution in [1.82, 2.24) is 9.88 Å². The van der Waals surface area contributed by atoms with E-state index in [-0.39, 0.29) is 17.2 Å². The van der Waals surface area contributed by atoms with E-state index >= 15 is 0 Å². The van der Waals surface area contributed by atoms with E-state index in [0.717, 1.165) is 29.3 Å². The number of sulfone groups is 1. The minimum atomic E-state index is -3.22. The number of hydrogen-bond acceptors (Lipinski definition) is 7. The lowest BCUT2D eigenvalue weighted by Crippen LogP contribution is -2.49. The fourth-order valence-corrected chi connectivity index (χ4v) is 5.64. The first kappa shape index (κ1) is 21.1. The molecular formula is C21H23N3O3S3. The summed E-state index contributed by atoms with van der Waals surface area (Å²) in [5, 5.41) is 1.01. The van der Waals surface area contributed by atoms with E-state index in [1.54, 1.807) is 47.4 Å². The Balaban J connectivity index is 1.36. The zero-order valence-corrected chi connectivity index (χ0v) is 19.3. The SMILES string of the molecule is CSc1ccc2nc(N3CCN(C(=O)Cc4ccc(S(C)(=O)=O)cc4)CC3)sc2c1. The highest BCUT2D eigenvalue weighted by atomic mass is 32.2. The van der Waals surface area contributed by atoms with Crippen molar-refractivity contribution in [3.63, 3.8) is 0 Å². The third-order valence-corrected chi connectivity index (χ3v) is 8.13. The van der Waals surface area contributed by atoms with Crippen LogP contribution >= 0.6 is 23.1 Å². The summed E-state index contributed by atoms with van der Waals surface area (Å²) >= 11 is 3.42. The lowest BCUT2D eigenvalue weighted by atomic mass is 10.1. The quantitative estimate of drug-likeness (QED) is 0.543. The molecule has 1 aromatic heterocycles. The molecule has 0 atom stereocenters. The fraction of sp³-hybridized carbons (Fsp3) is 0.333. The number of rotatable bonds is 5. The summed E-state index contributed by atoms with van der Waals surface area (Å²) in [6, 6.07) is 12.9. The van der Waals surface area contributed by atoms with Crippen LogP contribution in [0.25, 0.3) is 10.2 Å². The molecule has 4 rings (SSSR count). The second-order valence-electron chi connectivity index (χ2n) is 7.29. The monoisotopic (exact) mass is 461 g/mol. The zero-order valence-electron chi connectivity index (χ0n) is 16.9. The number of aromatic nitrogens is 1. The minimum Gasteiger partial charge on any atom is -0.345 e. The van der Waals surface area contributed by atoms with Crippen LogP contribution in [0.15, 0.2) is 52.3 Å². The summed E-state index contributed by atoms with van der Waals surface area (Å²) in [4.78, 5) is 23.1. The number of thiazole rings is 1. The Kier molecular flexibility index (Phi) is 6.04. The summed E-state index contributed by atoms with van der Waals surface area (Å²) in [6.07, 6.45) is 3.53. The average Bonchev–Trinajstić information content (AvgIpc) is 3.17. The van der Waals surface area contributed by atoms with Gasteiger partial charge in [-0.1, -0.05) is 23.5 Å². The van der Waals surface area contributed by atoms with Crippen LogP contribution in [0, 0.1) is 0 Å². The van der Waals surface area contributed by atoms with Crippen LogP contribution in [0.3, 0.4) is 0 Å². The van der Waals surface area contributed by atoms with Crippen molar-refractivity contribution in [2.24, 2.45) is 0 Å². The van der Waals surface area contributed by atoms with Crippen LogP contribution in [0.5, 0.6) is 0 Å². The van der Waals surface area contributed by atoms with Crippen LogP contribution in [0.1, 0.15) is 5.56 Å². The number of carbonyl (C=O) groups is 1. The molecule has 6 nitrogen and oxygen atoms in total. The van der Waals surface area contributed by atoms with Crippen LogP contribution in [0.4, 0.5) is 5.13 Å². The highest BCUT2D eigenvalue weighted by molar-refractivity contribution is 7.98. The molecule has 0 saturated carbocycles. The highest BCUT2D eigenvalue weighted by Crippen LogP contribution is 2.32. The van der Waals surface area contributed by atoms with Crippen molar-refractivity contribution >= 4 is 54.2 Å². The molecule has 1 aliphatic heterocycles. The molecule has 158 valence electrons. The van der Waals surface area contributed by atoms with Gasteiger partial charge in [-0.2, -0.15) is 0 Å². The summed E-state index contributed by atoms with van der Waals surface area (Å²) in [7, 11) is -3.22. The Bertz CT molecular complexity index is 1170. The normalized spacial score (nSPS) is 15.0. The second-order valence-corrected chi connectivity index (χ2v) is 11.2. The van der Waals surface area contributed by atoms with Gasteiger partial charge in [-0.25, -0.2) is 13.4 Å². The van der Waals surface area contributed by atoms with Crippen LogP contribution in [-0.4, -0.2) is 62.9 Å². The maximum Gasteiger partial charge on any atom is 0.227 e. The molecule has 9 heteroatoms. The van der Waals surface area contributed by atoms with Crippen molar-refractivity contribution < 1.29 is 13.2 Å². The number of piperazine rings is 1. The van der Waals surface area contributed by atoms with Gasteiger partial charge >= 0.3 is 0 Å². The Morgan fingerprint density at radius 2 is 1.80 bits per heavy atom. The highest BCUT2D eigenvalue weighted by Gasteiger charge is 2.23. The van der Waals surface area contributed by atoms with E-state index in [0.29, 0.717) is 13.1 Å². The number of carbonyl (C=O) groups excluding carboxylic acids is 1. The van der Waals surface area contributed by atoms with Crippen molar-refractivity contribution in [3.05, 3.63) is 48.0 Å². The molecule has 0 bridgehead atoms. The van der Waals surface area contributed by atoms with Gasteiger partial charge in [-0.15, -0.1) is 11.8 Å². The number of fused-ring (bicyclic) bond motifs is 1. The van der Waals surface area contributed by atoms with Gasteiger partial charge in [-0.3, -0.25) is 4.79 Å². The van der Waals surface area contributed by atoms with Gasteiger partial charge in [0.15, 0.2) is 15.0 Å². The standard InChI is InChI=1S/C21H23N3O3S3/c1-28-16-5-8-18-19(14-16)29-21(22-18)24-11-9-23(10-12-24)20(25)13-15-3-6-17(7-4-15)30(2,26)27/h3-8,14H,9-13H2,1-2H3. The van der Waals surface area contributed by atoms with Gasteiger partial charge in [0.05, 0.1) is 21.5 Å². The van der Waals surface area contributed by atoms with E-state index in [9.17, 15) is 13.2 Å². The third-order valence-electron chi connectivity index (χ3n) is 5.19. The second kappa shape index (κ2) is 8.56. The molecule has 0 N–H and O–H groups in total. The zero-order chi connectivity index (χ0) is 21.3. The van der Waals surface area contributed by atoms with Gasteiger partial charge in [0.1, 0.15) is 0 Å². The Morgan fingerprint density at radius 1 is 1.10 bits per heavy atom. The predicted molar refractivity (Wildman–Crippen MR) is 123 cm³/mol. The first-order valence-electron chi connectivity index (χ1n) is 9.60. The predicted octanol–water partition coefficient (Wildman–Crippen LogP) is 3.31. The van der Waals surface area contributed by atoms with E-state index in [1.165, 1.54) is 15.9 Å². The first-order valence-corrected chi connectivity index (χ1v) is 13.5. The van der Waals surface area contributed by atoms with Gasteiger partial charge in [0.25, 0.3) is 0 Å². The molecule has 0 radical (unpaired) electrons. The Labute approximate surface area is 184 Å². The van der Waals surface area contributed by atoms with Crippen molar-refractivity contribution in [2.75, 3.05) is 43.6 Å². The topological polar surface area (TPSA) is 70.6 Å². The maximum absolute atomic E-state index is 12.7. The molecule has 0 unspecified atom stereocenters. The maximum atomic E-state index is 12.7. The summed E-state index contributed by atoms with van der Waals surface area (Å²) < 4.78 is 24.3. The average molecular weight is 462 g/mol. The van der Waals surface area contributed by atoms with E-state index in [4.69, 9.17) is 4.98 Å². The van der Waals surface area contributed by atoms with Crippen LogP contribution in [-0.2, 0) is 21.1 Å². The molecule has 1 amide bonds. The molecule has 2 heterocycles. The molecule has 1 aliphatic rings. The summed E-state index contributed by atoms with van der Waals surface area (Å²) in [5.74, 6) is 0.0654. The number of thioether (sulfide) groups is 1. The van der Waals surface area contributed by atoms with Gasteiger partial charge < -0.3 is 9.80 Å². The van der Waals surface area contributed by atoms with Gasteiger partial charge in [0.2, 0.25) is 5.91 Å². The first-order chi connectivity index (χ1) is 14.3. The number of anilines is 1.